The largest absolute Gasteiger partial charge is 0.477 e. The van der Waals surface area contributed by atoms with E-state index >= 15 is 0 Å². The molecule has 0 spiro atoms. The quantitative estimate of drug-likeness (QED) is 0.374. The van der Waals surface area contributed by atoms with Crippen molar-refractivity contribution in [3.8, 4) is 0 Å². The number of benzene rings is 2. The molecule has 5 rings (SSSR count). The lowest BCUT2D eigenvalue weighted by atomic mass is 9.70. The Kier molecular flexibility index (Phi) is 7.70. The zero-order chi connectivity index (χ0) is 26.1. The van der Waals surface area contributed by atoms with Crippen LogP contribution in [-0.2, 0) is 22.7 Å². The molecule has 6 nitrogen and oxygen atoms in total. The number of carboxylic acids is 1. The van der Waals surface area contributed by atoms with E-state index < -0.39 is 18.0 Å². The summed E-state index contributed by atoms with van der Waals surface area (Å²) in [5, 5.41) is 20.3. The fourth-order valence-corrected chi connectivity index (χ4v) is 7.56. The fourth-order valence-electron chi connectivity index (χ4n) is 6.23. The molecule has 0 aromatic heterocycles. The number of aliphatic carboxylic acids is 1. The highest BCUT2D eigenvalue weighted by Crippen LogP contribution is 2.54. The van der Waals surface area contributed by atoms with Crippen molar-refractivity contribution in [1.82, 2.24) is 9.80 Å². The maximum atomic E-state index is 12.8. The number of aliphatic hydroxyl groups is 1. The molecule has 0 radical (unpaired) electrons. The summed E-state index contributed by atoms with van der Waals surface area (Å²) in [6.45, 7) is 3.01. The van der Waals surface area contributed by atoms with Gasteiger partial charge in [0.05, 0.1) is 18.1 Å². The van der Waals surface area contributed by atoms with Crippen molar-refractivity contribution in [1.29, 1.82) is 0 Å². The normalized spacial score (nSPS) is 25.2. The monoisotopic (exact) mass is 536 g/mol. The summed E-state index contributed by atoms with van der Waals surface area (Å²) in [5.74, 6) is -1.11. The van der Waals surface area contributed by atoms with Crippen LogP contribution in [0.1, 0.15) is 37.3 Å². The highest BCUT2D eigenvalue weighted by atomic mass is 32.2. The van der Waals surface area contributed by atoms with E-state index in [2.05, 4.69) is 29.2 Å². The Balaban J connectivity index is 1.34. The van der Waals surface area contributed by atoms with Crippen LogP contribution in [0.15, 0.2) is 71.9 Å². The zero-order valence-corrected chi connectivity index (χ0v) is 22.5. The van der Waals surface area contributed by atoms with E-state index in [9.17, 15) is 19.8 Å². The number of carbonyl (C=O) groups excluding carboxylic acids is 1. The molecule has 0 bridgehead atoms. The number of nitrogens with zero attached hydrogens (tertiary/aromatic N) is 2. The van der Waals surface area contributed by atoms with E-state index in [1.807, 2.05) is 36.4 Å². The minimum atomic E-state index is -1.05. The first kappa shape index (κ1) is 25.9. The van der Waals surface area contributed by atoms with Crippen molar-refractivity contribution in [2.75, 3.05) is 5.75 Å². The van der Waals surface area contributed by atoms with Gasteiger partial charge in [0.15, 0.2) is 0 Å². The molecule has 2 aromatic rings. The van der Waals surface area contributed by atoms with Crippen LogP contribution in [0, 0.1) is 17.8 Å². The number of thioether (sulfide) groups is 1. The van der Waals surface area contributed by atoms with E-state index in [1.165, 1.54) is 16.0 Å². The molecule has 1 saturated carbocycles. The molecule has 8 heteroatoms. The number of β-lactam (4-membered cyclic amide) rings is 1. The van der Waals surface area contributed by atoms with Crippen molar-refractivity contribution in [2.24, 2.45) is 17.8 Å². The molecule has 3 aliphatic rings. The number of thiocarbonyl (C=S) groups is 1. The van der Waals surface area contributed by atoms with Crippen molar-refractivity contribution in [2.45, 2.75) is 51.4 Å². The third-order valence-corrected chi connectivity index (χ3v) is 9.53. The Bertz CT molecular complexity index is 1160. The molecule has 2 aromatic carbocycles. The second-order valence-corrected chi connectivity index (χ2v) is 11.9. The smallest absolute Gasteiger partial charge is 0.352 e. The summed E-state index contributed by atoms with van der Waals surface area (Å²) in [5.41, 5.74) is 3.39. The van der Waals surface area contributed by atoms with Crippen molar-refractivity contribution >= 4 is 40.2 Å². The summed E-state index contributed by atoms with van der Waals surface area (Å²) in [6.07, 6.45) is 1.92. The molecule has 2 N–H and O–H groups in total. The number of carboxylic acid groups (broad SMARTS) is 1. The van der Waals surface area contributed by atoms with Crippen LogP contribution in [0.4, 0.5) is 0 Å². The van der Waals surface area contributed by atoms with Gasteiger partial charge in [0, 0.05) is 24.8 Å². The highest BCUT2D eigenvalue weighted by Gasteiger charge is 2.62. The van der Waals surface area contributed by atoms with Gasteiger partial charge in [0.1, 0.15) is 10.0 Å². The van der Waals surface area contributed by atoms with Gasteiger partial charge in [-0.05, 0) is 42.4 Å². The Morgan fingerprint density at radius 2 is 1.68 bits per heavy atom. The number of hydrogen-bond donors (Lipinski definition) is 2. The first-order valence-electron chi connectivity index (χ1n) is 12.8. The van der Waals surface area contributed by atoms with Crippen LogP contribution in [0.2, 0.25) is 0 Å². The molecule has 37 heavy (non-hydrogen) atoms. The van der Waals surface area contributed by atoms with Crippen LogP contribution < -0.4 is 0 Å². The lowest BCUT2D eigenvalue weighted by molar-refractivity contribution is -0.163. The SMILES string of the molecule is C[C@@H](O)[C@H]1C(=O)N2C(C(=O)O)=C3[C@@H](CSC(=S)N(Cc4ccccc4)Cc4ccccc4)CCC[C@@H]3[C@H]12. The molecule has 2 aliphatic heterocycles. The molecule has 1 aliphatic carbocycles. The maximum Gasteiger partial charge on any atom is 0.352 e. The van der Waals surface area contributed by atoms with Gasteiger partial charge in [-0.25, -0.2) is 4.79 Å². The highest BCUT2D eigenvalue weighted by molar-refractivity contribution is 8.22. The fraction of sp³-hybridized carbons (Fsp3) is 0.414. The van der Waals surface area contributed by atoms with Gasteiger partial charge in [-0.15, -0.1) is 0 Å². The number of fused-ring (bicyclic) bond motifs is 3. The topological polar surface area (TPSA) is 81.1 Å². The predicted molar refractivity (Wildman–Crippen MR) is 148 cm³/mol. The van der Waals surface area contributed by atoms with Gasteiger partial charge in [-0.3, -0.25) is 4.79 Å². The Morgan fingerprint density at radius 3 is 2.22 bits per heavy atom. The van der Waals surface area contributed by atoms with Crippen molar-refractivity contribution in [3.05, 3.63) is 83.1 Å². The van der Waals surface area contributed by atoms with Crippen molar-refractivity contribution < 1.29 is 19.8 Å². The average molecular weight is 537 g/mol. The summed E-state index contributed by atoms with van der Waals surface area (Å²) in [6, 6.07) is 20.3. The van der Waals surface area contributed by atoms with E-state index in [0.717, 1.165) is 29.2 Å². The van der Waals surface area contributed by atoms with Crippen LogP contribution in [0.5, 0.6) is 0 Å². The minimum Gasteiger partial charge on any atom is -0.477 e. The Labute approximate surface area is 227 Å². The molecule has 2 heterocycles. The van der Waals surface area contributed by atoms with E-state index in [4.69, 9.17) is 12.2 Å². The summed E-state index contributed by atoms with van der Waals surface area (Å²) >= 11 is 7.53. The number of aliphatic hydroxyl groups excluding tert-OH is 1. The van der Waals surface area contributed by atoms with Gasteiger partial charge in [0.2, 0.25) is 5.91 Å². The maximum absolute atomic E-state index is 12.8. The average Bonchev–Trinajstić information content (AvgIpc) is 3.19. The summed E-state index contributed by atoms with van der Waals surface area (Å²) in [4.78, 5) is 28.8. The zero-order valence-electron chi connectivity index (χ0n) is 20.8. The van der Waals surface area contributed by atoms with E-state index in [0.29, 0.717) is 18.8 Å². The summed E-state index contributed by atoms with van der Waals surface area (Å²) < 4.78 is 0.784. The lowest BCUT2D eigenvalue weighted by Gasteiger charge is -2.47. The van der Waals surface area contributed by atoms with Gasteiger partial charge in [0.25, 0.3) is 0 Å². The minimum absolute atomic E-state index is 0.000983. The molecule has 194 valence electrons. The molecular formula is C29H32N2O4S2. The number of hydrogen-bond acceptors (Lipinski definition) is 5. The number of rotatable bonds is 8. The molecule has 2 fully saturated rings. The predicted octanol–water partition coefficient (Wildman–Crippen LogP) is 4.68. The van der Waals surface area contributed by atoms with Gasteiger partial charge in [-0.2, -0.15) is 0 Å². The standard InChI is InChI=1S/C29H32N2O4S2/c1-18(32)23-25-22-14-8-13-21(24(22)26(28(34)35)31(25)27(23)33)17-37-29(36)30(15-19-9-4-2-5-10-19)16-20-11-6-3-7-12-20/h2-7,9-12,18,21-23,25,32H,8,13-17H2,1H3,(H,34,35)/t18-,21-,22+,23-,25-/m1/s1. The van der Waals surface area contributed by atoms with Crippen LogP contribution >= 0.6 is 24.0 Å². The Morgan fingerprint density at radius 1 is 1.08 bits per heavy atom. The molecule has 5 atom stereocenters. The Hall–Kier alpha value is -2.68. The third-order valence-electron chi connectivity index (χ3n) is 7.84. The van der Waals surface area contributed by atoms with Crippen LogP contribution in [0.3, 0.4) is 0 Å². The molecule has 1 saturated heterocycles. The summed E-state index contributed by atoms with van der Waals surface area (Å²) in [7, 11) is 0. The molecular weight excluding hydrogens is 504 g/mol. The first-order valence-corrected chi connectivity index (χ1v) is 14.2. The number of amides is 1. The van der Waals surface area contributed by atoms with Crippen molar-refractivity contribution in [3.63, 3.8) is 0 Å². The van der Waals surface area contributed by atoms with Crippen LogP contribution in [-0.4, -0.2) is 54.1 Å². The van der Waals surface area contributed by atoms with E-state index in [-0.39, 0.29) is 29.5 Å². The van der Waals surface area contributed by atoms with Gasteiger partial charge in [-0.1, -0.05) is 91.1 Å². The third kappa shape index (κ3) is 5.07. The lowest BCUT2D eigenvalue weighted by Crippen LogP contribution is -2.64. The van der Waals surface area contributed by atoms with Gasteiger partial charge < -0.3 is 20.0 Å². The molecule has 1 amide bonds. The second kappa shape index (κ2) is 11.0. The second-order valence-electron chi connectivity index (χ2n) is 10.2. The van der Waals surface area contributed by atoms with Crippen LogP contribution in [0.25, 0.3) is 0 Å². The van der Waals surface area contributed by atoms with E-state index in [1.54, 1.807) is 18.7 Å². The number of carbonyl (C=O) groups is 2. The first-order chi connectivity index (χ1) is 17.9. The van der Waals surface area contributed by atoms with Gasteiger partial charge >= 0.3 is 5.97 Å². The molecule has 0 unspecified atom stereocenters.